The Labute approximate surface area is 186 Å². The minimum absolute atomic E-state index is 0.00831. The van der Waals surface area contributed by atoms with Gasteiger partial charge < -0.3 is 5.32 Å². The zero-order chi connectivity index (χ0) is 22.1. The van der Waals surface area contributed by atoms with Crippen molar-refractivity contribution in [3.63, 3.8) is 0 Å². The van der Waals surface area contributed by atoms with E-state index in [1.54, 1.807) is 0 Å². The van der Waals surface area contributed by atoms with Crippen LogP contribution in [-0.2, 0) is 17.8 Å². The van der Waals surface area contributed by atoms with Crippen LogP contribution in [0.3, 0.4) is 0 Å². The number of aliphatic imine (C=N–C) groups is 1. The molecule has 0 unspecified atom stereocenters. The molecule has 0 saturated carbocycles. The fourth-order valence-electron chi connectivity index (χ4n) is 4.39. The second kappa shape index (κ2) is 10.9. The molecule has 1 fully saturated rings. The molecule has 4 nitrogen and oxygen atoms in total. The fraction of sp³-hybridized carbons (Fsp3) is 0.333. The van der Waals surface area contributed by atoms with Gasteiger partial charge in [0.1, 0.15) is 0 Å². The maximum atomic E-state index is 11.2. The van der Waals surface area contributed by atoms with Crippen molar-refractivity contribution in [1.82, 2.24) is 4.90 Å². The summed E-state index contributed by atoms with van der Waals surface area (Å²) in [5, 5.41) is 2.82. The van der Waals surface area contributed by atoms with E-state index in [0.29, 0.717) is 0 Å². The van der Waals surface area contributed by atoms with Gasteiger partial charge in [-0.3, -0.25) is 14.7 Å². The average molecular weight is 416 g/mol. The lowest BCUT2D eigenvalue weighted by atomic mass is 9.71. The van der Waals surface area contributed by atoms with Gasteiger partial charge in [0.2, 0.25) is 5.91 Å². The van der Waals surface area contributed by atoms with Gasteiger partial charge in [-0.15, -0.1) is 0 Å². The van der Waals surface area contributed by atoms with Crippen molar-refractivity contribution >= 4 is 18.3 Å². The number of carbonyl (C=O) groups excluding carboxylic acids is 1. The third-order valence-corrected chi connectivity index (χ3v) is 6.04. The molecule has 1 amide bonds. The second-order valence-electron chi connectivity index (χ2n) is 8.33. The van der Waals surface area contributed by atoms with Crippen LogP contribution in [0.1, 0.15) is 37.8 Å². The van der Waals surface area contributed by atoms with Crippen molar-refractivity contribution in [3.8, 4) is 0 Å². The van der Waals surface area contributed by atoms with Crippen LogP contribution < -0.4 is 5.32 Å². The molecule has 162 valence electrons. The highest BCUT2D eigenvalue weighted by atomic mass is 16.1. The molecule has 1 aliphatic heterocycles. The Morgan fingerprint density at radius 2 is 1.77 bits per heavy atom. The van der Waals surface area contributed by atoms with Gasteiger partial charge in [0, 0.05) is 30.3 Å². The molecule has 2 aromatic rings. The normalized spacial score (nSPS) is 16.9. The molecular weight excluding hydrogens is 382 g/mol. The van der Waals surface area contributed by atoms with Crippen molar-refractivity contribution in [1.29, 1.82) is 0 Å². The van der Waals surface area contributed by atoms with E-state index in [2.05, 4.69) is 76.5 Å². The van der Waals surface area contributed by atoms with E-state index in [9.17, 15) is 4.79 Å². The molecule has 1 heterocycles. The molecule has 0 atom stereocenters. The lowest BCUT2D eigenvalue weighted by Gasteiger charge is -2.42. The molecule has 0 bridgehead atoms. The summed E-state index contributed by atoms with van der Waals surface area (Å²) in [6.07, 6.45) is 9.32. The number of anilines is 1. The molecular formula is C27H33N3O. The van der Waals surface area contributed by atoms with Crippen LogP contribution in [-0.4, -0.2) is 30.6 Å². The fourth-order valence-corrected chi connectivity index (χ4v) is 4.39. The first-order valence-corrected chi connectivity index (χ1v) is 11.0. The number of carbonyl (C=O) groups is 1. The van der Waals surface area contributed by atoms with E-state index in [-0.39, 0.29) is 11.3 Å². The summed E-state index contributed by atoms with van der Waals surface area (Å²) in [6, 6.07) is 18.8. The second-order valence-corrected chi connectivity index (χ2v) is 8.33. The Kier molecular flexibility index (Phi) is 7.96. The number of benzene rings is 2. The van der Waals surface area contributed by atoms with E-state index in [1.807, 2.05) is 25.1 Å². The third kappa shape index (κ3) is 6.25. The van der Waals surface area contributed by atoms with E-state index >= 15 is 0 Å². The SMILES string of the molecule is C=N/C(=C\C=C/C)C1(Cc2ccccc2)CCN(Cc2ccc(NC(C)=O)cc2)CC1. The number of nitrogens with zero attached hydrogens (tertiary/aromatic N) is 2. The summed E-state index contributed by atoms with van der Waals surface area (Å²) in [5.41, 5.74) is 4.55. The molecule has 4 heteroatoms. The van der Waals surface area contributed by atoms with E-state index in [0.717, 1.165) is 50.3 Å². The summed E-state index contributed by atoms with van der Waals surface area (Å²) >= 11 is 0. The number of amides is 1. The molecule has 1 saturated heterocycles. The lowest BCUT2D eigenvalue weighted by molar-refractivity contribution is -0.114. The summed E-state index contributed by atoms with van der Waals surface area (Å²) in [4.78, 5) is 18.2. The third-order valence-electron chi connectivity index (χ3n) is 6.04. The number of nitrogens with one attached hydrogen (secondary N) is 1. The van der Waals surface area contributed by atoms with Gasteiger partial charge in [0.05, 0.1) is 0 Å². The molecule has 2 aromatic carbocycles. The molecule has 0 aromatic heterocycles. The standard InChI is InChI=1S/C27H33N3O/c1-4-5-11-26(28-3)27(20-23-9-7-6-8-10-23)16-18-30(19-17-27)21-24-12-14-25(15-13-24)29-22(2)31/h4-15H,3,16-21H2,1-2H3,(H,29,31)/b5-4-,26-11-. The van der Waals surface area contributed by atoms with Crippen molar-refractivity contribution in [2.45, 2.75) is 39.7 Å². The minimum atomic E-state index is -0.0452. The molecule has 1 N–H and O–H groups in total. The molecule has 0 aliphatic carbocycles. The maximum absolute atomic E-state index is 11.2. The highest BCUT2D eigenvalue weighted by molar-refractivity contribution is 5.88. The predicted octanol–water partition coefficient (Wildman–Crippen LogP) is 5.63. The predicted molar refractivity (Wildman–Crippen MR) is 130 cm³/mol. The summed E-state index contributed by atoms with van der Waals surface area (Å²) in [6.45, 7) is 10.4. The zero-order valence-corrected chi connectivity index (χ0v) is 18.7. The number of rotatable bonds is 8. The summed E-state index contributed by atoms with van der Waals surface area (Å²) < 4.78 is 0. The molecule has 0 radical (unpaired) electrons. The Bertz CT molecular complexity index is 921. The van der Waals surface area contributed by atoms with Crippen molar-refractivity contribution in [2.24, 2.45) is 10.4 Å². The monoisotopic (exact) mass is 415 g/mol. The van der Waals surface area contributed by atoms with E-state index in [1.165, 1.54) is 18.1 Å². The molecule has 0 spiro atoms. The number of piperidine rings is 1. The van der Waals surface area contributed by atoms with Crippen LogP contribution >= 0.6 is 0 Å². The summed E-state index contributed by atoms with van der Waals surface area (Å²) in [5.74, 6) is -0.0452. The van der Waals surface area contributed by atoms with E-state index < -0.39 is 0 Å². The van der Waals surface area contributed by atoms with Crippen LogP contribution in [0.5, 0.6) is 0 Å². The Morgan fingerprint density at radius 1 is 1.10 bits per heavy atom. The van der Waals surface area contributed by atoms with Gasteiger partial charge in [0.25, 0.3) is 0 Å². The number of likely N-dealkylation sites (tertiary alicyclic amines) is 1. The molecule has 31 heavy (non-hydrogen) atoms. The van der Waals surface area contributed by atoms with Gasteiger partial charge in [-0.2, -0.15) is 0 Å². The maximum Gasteiger partial charge on any atom is 0.221 e. The van der Waals surface area contributed by atoms with Gasteiger partial charge in [-0.05, 0) is 75.3 Å². The van der Waals surface area contributed by atoms with Crippen LogP contribution in [0.4, 0.5) is 5.69 Å². The number of allylic oxidation sites excluding steroid dienone is 4. The number of hydrogen-bond acceptors (Lipinski definition) is 3. The number of hydrogen-bond donors (Lipinski definition) is 1. The largest absolute Gasteiger partial charge is 0.326 e. The molecule has 3 rings (SSSR count). The first-order valence-electron chi connectivity index (χ1n) is 11.0. The smallest absolute Gasteiger partial charge is 0.221 e. The van der Waals surface area contributed by atoms with Crippen molar-refractivity contribution in [3.05, 3.63) is 89.6 Å². The first kappa shape index (κ1) is 22.7. The Balaban J connectivity index is 1.71. The average Bonchev–Trinajstić information content (AvgIpc) is 2.77. The zero-order valence-electron chi connectivity index (χ0n) is 18.7. The van der Waals surface area contributed by atoms with Gasteiger partial charge in [0.15, 0.2) is 0 Å². The summed E-state index contributed by atoms with van der Waals surface area (Å²) in [7, 11) is 0. The van der Waals surface area contributed by atoms with Crippen molar-refractivity contribution < 1.29 is 4.79 Å². The van der Waals surface area contributed by atoms with Gasteiger partial charge in [-0.25, -0.2) is 0 Å². The highest BCUT2D eigenvalue weighted by Gasteiger charge is 2.37. The van der Waals surface area contributed by atoms with E-state index in [4.69, 9.17) is 0 Å². The Hall–Kier alpha value is -2.98. The first-order chi connectivity index (χ1) is 15.0. The highest BCUT2D eigenvalue weighted by Crippen LogP contribution is 2.42. The topological polar surface area (TPSA) is 44.7 Å². The van der Waals surface area contributed by atoms with Crippen LogP contribution in [0.15, 0.2) is 83.5 Å². The molecule has 1 aliphatic rings. The van der Waals surface area contributed by atoms with Crippen molar-refractivity contribution in [2.75, 3.05) is 18.4 Å². The quantitative estimate of drug-likeness (QED) is 0.448. The van der Waals surface area contributed by atoms with Gasteiger partial charge >= 0.3 is 0 Å². The van der Waals surface area contributed by atoms with Crippen LogP contribution in [0, 0.1) is 5.41 Å². The Morgan fingerprint density at radius 3 is 2.35 bits per heavy atom. The lowest BCUT2D eigenvalue weighted by Crippen LogP contribution is -2.41. The van der Waals surface area contributed by atoms with Crippen LogP contribution in [0.25, 0.3) is 0 Å². The minimum Gasteiger partial charge on any atom is -0.326 e. The van der Waals surface area contributed by atoms with Crippen LogP contribution in [0.2, 0.25) is 0 Å². The van der Waals surface area contributed by atoms with Gasteiger partial charge in [-0.1, -0.05) is 54.6 Å².